The zero-order valence-electron chi connectivity index (χ0n) is 16.7. The first-order chi connectivity index (χ1) is 13.0. The van der Waals surface area contributed by atoms with E-state index in [4.69, 9.17) is 9.47 Å². The highest BCUT2D eigenvalue weighted by Crippen LogP contribution is 2.30. The molecule has 1 saturated heterocycles. The molecule has 1 aromatic rings. The third-order valence-electron chi connectivity index (χ3n) is 5.17. The number of benzene rings is 1. The van der Waals surface area contributed by atoms with Crippen molar-refractivity contribution >= 4 is 6.03 Å². The number of rotatable bonds is 6. The third kappa shape index (κ3) is 5.74. The van der Waals surface area contributed by atoms with E-state index in [-0.39, 0.29) is 18.2 Å². The molecule has 1 fully saturated rings. The van der Waals surface area contributed by atoms with Gasteiger partial charge in [-0.3, -0.25) is 0 Å². The zero-order valence-corrected chi connectivity index (χ0v) is 16.7. The standard InChI is InChI=1S/C20H32N4O3/c1-22(2)12-13-24-10-8-16(9-11-24)21-20(25)23(3)14-17-15-26-18-6-4-5-7-19(18)27-17/h4-7,16-17H,8-15H2,1-3H3,(H,21,25). The molecule has 0 radical (unpaired) electrons. The van der Waals surface area contributed by atoms with E-state index in [9.17, 15) is 4.79 Å². The Kier molecular flexibility index (Phi) is 6.79. The zero-order chi connectivity index (χ0) is 19.2. The van der Waals surface area contributed by atoms with Crippen LogP contribution in [0.15, 0.2) is 24.3 Å². The number of carbonyl (C=O) groups is 1. The van der Waals surface area contributed by atoms with E-state index >= 15 is 0 Å². The number of piperidine rings is 1. The summed E-state index contributed by atoms with van der Waals surface area (Å²) in [5.41, 5.74) is 0. The topological polar surface area (TPSA) is 57.3 Å². The fraction of sp³-hybridized carbons (Fsp3) is 0.650. The molecule has 0 saturated carbocycles. The minimum Gasteiger partial charge on any atom is -0.486 e. The summed E-state index contributed by atoms with van der Waals surface area (Å²) in [6, 6.07) is 7.85. The monoisotopic (exact) mass is 376 g/mol. The molecule has 0 aliphatic carbocycles. The minimum absolute atomic E-state index is 0.0378. The Morgan fingerprint density at radius 1 is 1.19 bits per heavy atom. The second kappa shape index (κ2) is 9.28. The number of carbonyl (C=O) groups excluding carboxylic acids is 1. The van der Waals surface area contributed by atoms with Gasteiger partial charge < -0.3 is 29.5 Å². The van der Waals surface area contributed by atoms with Crippen molar-refractivity contribution in [2.45, 2.75) is 25.0 Å². The Balaban J connectivity index is 1.39. The molecule has 1 atom stereocenters. The van der Waals surface area contributed by atoms with Crippen molar-refractivity contribution in [2.75, 3.05) is 60.5 Å². The molecule has 7 nitrogen and oxygen atoms in total. The van der Waals surface area contributed by atoms with Gasteiger partial charge in [0, 0.05) is 39.3 Å². The van der Waals surface area contributed by atoms with Crippen LogP contribution in [0.25, 0.3) is 0 Å². The summed E-state index contributed by atoms with van der Waals surface area (Å²) < 4.78 is 11.7. The highest BCUT2D eigenvalue weighted by molar-refractivity contribution is 5.74. The average molecular weight is 377 g/mol. The molecule has 1 unspecified atom stereocenters. The van der Waals surface area contributed by atoms with Crippen molar-refractivity contribution < 1.29 is 14.3 Å². The minimum atomic E-state index is -0.150. The molecule has 0 aromatic heterocycles. The van der Waals surface area contributed by atoms with Crippen LogP contribution in [-0.4, -0.2) is 93.4 Å². The van der Waals surface area contributed by atoms with Crippen molar-refractivity contribution in [1.29, 1.82) is 0 Å². The summed E-state index contributed by atoms with van der Waals surface area (Å²) in [5, 5.41) is 3.17. The summed E-state index contributed by atoms with van der Waals surface area (Å²) in [6.45, 7) is 5.21. The Labute approximate surface area is 162 Å². The Bertz CT molecular complexity index is 617. The highest BCUT2D eigenvalue weighted by Gasteiger charge is 2.26. The first-order valence-electron chi connectivity index (χ1n) is 9.78. The normalized spacial score (nSPS) is 20.5. The summed E-state index contributed by atoms with van der Waals surface area (Å²) in [6.07, 6.45) is 1.86. The van der Waals surface area contributed by atoms with Crippen molar-refractivity contribution in [1.82, 2.24) is 20.0 Å². The van der Waals surface area contributed by atoms with Crippen LogP contribution >= 0.6 is 0 Å². The van der Waals surface area contributed by atoms with Gasteiger partial charge in [-0.05, 0) is 39.1 Å². The molecule has 150 valence electrons. The lowest BCUT2D eigenvalue weighted by molar-refractivity contribution is 0.0707. The fourth-order valence-electron chi connectivity index (χ4n) is 3.47. The molecule has 0 bridgehead atoms. The Hall–Kier alpha value is -1.99. The van der Waals surface area contributed by atoms with Gasteiger partial charge in [0.15, 0.2) is 17.6 Å². The van der Waals surface area contributed by atoms with Crippen molar-refractivity contribution in [2.24, 2.45) is 0 Å². The molecule has 3 rings (SSSR count). The van der Waals surface area contributed by atoms with Gasteiger partial charge in [-0.1, -0.05) is 12.1 Å². The van der Waals surface area contributed by atoms with Crippen molar-refractivity contribution in [3.63, 3.8) is 0 Å². The number of likely N-dealkylation sites (N-methyl/N-ethyl adjacent to an activating group) is 2. The molecular weight excluding hydrogens is 344 g/mol. The second-order valence-electron chi connectivity index (χ2n) is 7.75. The first kappa shape index (κ1) is 19.8. The predicted octanol–water partition coefficient (Wildman–Crippen LogP) is 1.49. The molecule has 2 amide bonds. The number of ether oxygens (including phenoxy) is 2. The van der Waals surface area contributed by atoms with Gasteiger partial charge in [-0.25, -0.2) is 4.79 Å². The number of likely N-dealkylation sites (tertiary alicyclic amines) is 1. The van der Waals surface area contributed by atoms with Crippen LogP contribution in [0.3, 0.4) is 0 Å². The Morgan fingerprint density at radius 2 is 1.89 bits per heavy atom. The molecule has 27 heavy (non-hydrogen) atoms. The fourth-order valence-corrected chi connectivity index (χ4v) is 3.47. The molecular formula is C20H32N4O3. The average Bonchev–Trinajstić information content (AvgIpc) is 2.67. The van der Waals surface area contributed by atoms with Crippen LogP contribution in [-0.2, 0) is 0 Å². The maximum atomic E-state index is 12.5. The SMILES string of the molecule is CN(C)CCN1CCC(NC(=O)N(C)CC2COc3ccccc3O2)CC1. The highest BCUT2D eigenvalue weighted by atomic mass is 16.6. The van der Waals surface area contributed by atoms with Gasteiger partial charge in [0.1, 0.15) is 6.61 Å². The predicted molar refractivity (Wildman–Crippen MR) is 106 cm³/mol. The van der Waals surface area contributed by atoms with Gasteiger partial charge in [-0.15, -0.1) is 0 Å². The van der Waals surface area contributed by atoms with E-state index in [0.29, 0.717) is 13.2 Å². The van der Waals surface area contributed by atoms with Crippen LogP contribution in [0, 0.1) is 0 Å². The van der Waals surface area contributed by atoms with Gasteiger partial charge in [0.25, 0.3) is 0 Å². The molecule has 7 heteroatoms. The smallest absolute Gasteiger partial charge is 0.317 e. The van der Waals surface area contributed by atoms with E-state index in [1.807, 2.05) is 31.3 Å². The van der Waals surface area contributed by atoms with E-state index < -0.39 is 0 Å². The number of para-hydroxylation sites is 2. The number of amides is 2. The maximum Gasteiger partial charge on any atom is 0.317 e. The van der Waals surface area contributed by atoms with Crippen LogP contribution in [0.4, 0.5) is 4.79 Å². The summed E-state index contributed by atoms with van der Waals surface area (Å²) in [5.74, 6) is 1.51. The lowest BCUT2D eigenvalue weighted by Crippen LogP contribution is -2.51. The van der Waals surface area contributed by atoms with Crippen LogP contribution in [0.5, 0.6) is 11.5 Å². The summed E-state index contributed by atoms with van der Waals surface area (Å²) >= 11 is 0. The molecule has 2 heterocycles. The second-order valence-corrected chi connectivity index (χ2v) is 7.75. The van der Waals surface area contributed by atoms with Gasteiger partial charge >= 0.3 is 6.03 Å². The summed E-state index contributed by atoms with van der Waals surface area (Å²) in [7, 11) is 6.01. The maximum absolute atomic E-state index is 12.5. The van der Waals surface area contributed by atoms with Gasteiger partial charge in [0.2, 0.25) is 0 Å². The number of urea groups is 1. The number of fused-ring (bicyclic) bond motifs is 1. The van der Waals surface area contributed by atoms with Gasteiger partial charge in [-0.2, -0.15) is 0 Å². The van der Waals surface area contributed by atoms with Gasteiger partial charge in [0.05, 0.1) is 6.54 Å². The van der Waals surface area contributed by atoms with Crippen molar-refractivity contribution in [3.8, 4) is 11.5 Å². The number of hydrogen-bond donors (Lipinski definition) is 1. The lowest BCUT2D eigenvalue weighted by atomic mass is 10.1. The molecule has 2 aliphatic rings. The van der Waals surface area contributed by atoms with Crippen LogP contribution < -0.4 is 14.8 Å². The lowest BCUT2D eigenvalue weighted by Gasteiger charge is -2.34. The summed E-state index contributed by atoms with van der Waals surface area (Å²) in [4.78, 5) is 18.9. The Morgan fingerprint density at radius 3 is 2.59 bits per heavy atom. The van der Waals surface area contributed by atoms with E-state index in [2.05, 4.69) is 29.2 Å². The largest absolute Gasteiger partial charge is 0.486 e. The van der Waals surface area contributed by atoms with Crippen LogP contribution in [0.1, 0.15) is 12.8 Å². The molecule has 0 spiro atoms. The number of hydrogen-bond acceptors (Lipinski definition) is 5. The quantitative estimate of drug-likeness (QED) is 0.815. The van der Waals surface area contributed by atoms with Crippen molar-refractivity contribution in [3.05, 3.63) is 24.3 Å². The first-order valence-corrected chi connectivity index (χ1v) is 9.78. The molecule has 2 aliphatic heterocycles. The van der Waals surface area contributed by atoms with Crippen LogP contribution in [0.2, 0.25) is 0 Å². The van der Waals surface area contributed by atoms with E-state index in [1.54, 1.807) is 4.90 Å². The van der Waals surface area contributed by atoms with E-state index in [0.717, 1.165) is 50.5 Å². The molecule has 1 N–H and O–H groups in total. The molecule has 1 aromatic carbocycles. The number of nitrogens with one attached hydrogen (secondary N) is 1. The van der Waals surface area contributed by atoms with E-state index in [1.165, 1.54) is 0 Å². The third-order valence-corrected chi connectivity index (χ3v) is 5.17. The number of nitrogens with zero attached hydrogens (tertiary/aromatic N) is 3.